The zero-order chi connectivity index (χ0) is 13.1. The van der Waals surface area contributed by atoms with Crippen molar-refractivity contribution in [2.45, 2.75) is 38.7 Å². The molecule has 1 fully saturated rings. The SMILES string of the molecule is CCOC(=O)CCCCCOCC1CNCCO1. The minimum Gasteiger partial charge on any atom is -0.466 e. The third kappa shape index (κ3) is 7.63. The topological polar surface area (TPSA) is 56.8 Å². The van der Waals surface area contributed by atoms with Crippen LogP contribution in [-0.2, 0) is 19.0 Å². The summed E-state index contributed by atoms with van der Waals surface area (Å²) in [6.07, 6.45) is 3.58. The second-order valence-electron chi connectivity index (χ2n) is 4.39. The molecule has 0 aromatic rings. The molecule has 0 radical (unpaired) electrons. The number of carbonyl (C=O) groups excluding carboxylic acids is 1. The lowest BCUT2D eigenvalue weighted by Crippen LogP contribution is -2.41. The Hall–Kier alpha value is -0.650. The molecule has 1 heterocycles. The molecule has 1 aliphatic heterocycles. The lowest BCUT2D eigenvalue weighted by Gasteiger charge is -2.23. The molecule has 1 aliphatic rings. The van der Waals surface area contributed by atoms with Crippen molar-refractivity contribution in [3.8, 4) is 0 Å². The highest BCUT2D eigenvalue weighted by atomic mass is 16.5. The summed E-state index contributed by atoms with van der Waals surface area (Å²) in [5, 5.41) is 3.26. The maximum absolute atomic E-state index is 11.1. The first-order valence-corrected chi connectivity index (χ1v) is 6.88. The van der Waals surface area contributed by atoms with E-state index in [9.17, 15) is 4.79 Å². The summed E-state index contributed by atoms with van der Waals surface area (Å²) in [5.74, 6) is -0.0971. The molecule has 5 heteroatoms. The Kier molecular flexibility index (Phi) is 8.81. The Bertz CT molecular complexity index is 217. The fourth-order valence-electron chi connectivity index (χ4n) is 1.82. The molecule has 1 N–H and O–H groups in total. The van der Waals surface area contributed by atoms with Gasteiger partial charge in [0, 0.05) is 26.1 Å². The van der Waals surface area contributed by atoms with Crippen LogP contribution in [0.5, 0.6) is 0 Å². The monoisotopic (exact) mass is 259 g/mol. The molecular weight excluding hydrogens is 234 g/mol. The van der Waals surface area contributed by atoms with Crippen LogP contribution in [-0.4, -0.2) is 51.6 Å². The van der Waals surface area contributed by atoms with Gasteiger partial charge in [0.1, 0.15) is 0 Å². The van der Waals surface area contributed by atoms with Gasteiger partial charge in [-0.15, -0.1) is 0 Å². The van der Waals surface area contributed by atoms with Crippen LogP contribution in [0.3, 0.4) is 0 Å². The number of rotatable bonds is 9. The fraction of sp³-hybridized carbons (Fsp3) is 0.923. The van der Waals surface area contributed by atoms with E-state index in [-0.39, 0.29) is 12.1 Å². The smallest absolute Gasteiger partial charge is 0.305 e. The Morgan fingerprint density at radius 3 is 3.00 bits per heavy atom. The molecule has 0 saturated carbocycles. The molecule has 1 rings (SSSR count). The predicted octanol–water partition coefficient (Wildman–Crippen LogP) is 1.11. The van der Waals surface area contributed by atoms with Crippen molar-refractivity contribution in [1.29, 1.82) is 0 Å². The summed E-state index contributed by atoms with van der Waals surface area (Å²) >= 11 is 0. The standard InChI is InChI=1S/C13H25NO4/c1-2-17-13(15)6-4-3-5-8-16-11-12-10-14-7-9-18-12/h12,14H,2-11H2,1H3. The number of unbranched alkanes of at least 4 members (excludes halogenated alkanes) is 2. The first-order valence-electron chi connectivity index (χ1n) is 6.88. The van der Waals surface area contributed by atoms with E-state index in [1.54, 1.807) is 0 Å². The Morgan fingerprint density at radius 1 is 1.39 bits per heavy atom. The van der Waals surface area contributed by atoms with E-state index >= 15 is 0 Å². The van der Waals surface area contributed by atoms with Crippen molar-refractivity contribution < 1.29 is 19.0 Å². The summed E-state index contributed by atoms with van der Waals surface area (Å²) < 4.78 is 15.9. The molecule has 0 aromatic heterocycles. The molecule has 1 atom stereocenters. The molecular formula is C13H25NO4. The van der Waals surface area contributed by atoms with Gasteiger partial charge in [-0.05, 0) is 19.8 Å². The van der Waals surface area contributed by atoms with E-state index in [0.717, 1.165) is 45.6 Å². The molecule has 1 unspecified atom stereocenters. The van der Waals surface area contributed by atoms with Crippen molar-refractivity contribution >= 4 is 5.97 Å². The van der Waals surface area contributed by atoms with E-state index in [2.05, 4.69) is 5.32 Å². The van der Waals surface area contributed by atoms with Crippen molar-refractivity contribution in [1.82, 2.24) is 5.32 Å². The van der Waals surface area contributed by atoms with Gasteiger partial charge in [-0.25, -0.2) is 0 Å². The van der Waals surface area contributed by atoms with Crippen LogP contribution in [0.15, 0.2) is 0 Å². The van der Waals surface area contributed by atoms with Crippen molar-refractivity contribution in [2.75, 3.05) is 39.5 Å². The molecule has 0 bridgehead atoms. The molecule has 0 aromatic carbocycles. The highest BCUT2D eigenvalue weighted by Gasteiger charge is 2.12. The normalized spacial score (nSPS) is 19.7. The zero-order valence-electron chi connectivity index (χ0n) is 11.3. The van der Waals surface area contributed by atoms with Crippen LogP contribution in [0.1, 0.15) is 32.6 Å². The maximum Gasteiger partial charge on any atom is 0.305 e. The van der Waals surface area contributed by atoms with Crippen LogP contribution >= 0.6 is 0 Å². The van der Waals surface area contributed by atoms with E-state index in [0.29, 0.717) is 19.6 Å². The Balaban J connectivity index is 1.82. The number of nitrogens with one attached hydrogen (secondary N) is 1. The van der Waals surface area contributed by atoms with Crippen LogP contribution in [0, 0.1) is 0 Å². The summed E-state index contributed by atoms with van der Waals surface area (Å²) in [6, 6.07) is 0. The summed E-state index contributed by atoms with van der Waals surface area (Å²) in [5.41, 5.74) is 0. The van der Waals surface area contributed by atoms with Gasteiger partial charge in [0.2, 0.25) is 0 Å². The zero-order valence-corrected chi connectivity index (χ0v) is 11.3. The predicted molar refractivity (Wildman–Crippen MR) is 68.5 cm³/mol. The molecule has 0 amide bonds. The number of morpholine rings is 1. The van der Waals surface area contributed by atoms with Gasteiger partial charge in [-0.2, -0.15) is 0 Å². The van der Waals surface area contributed by atoms with Gasteiger partial charge >= 0.3 is 5.97 Å². The highest BCUT2D eigenvalue weighted by Crippen LogP contribution is 2.03. The Labute approximate surface area is 109 Å². The van der Waals surface area contributed by atoms with Gasteiger partial charge in [0.15, 0.2) is 0 Å². The minimum absolute atomic E-state index is 0.0971. The van der Waals surface area contributed by atoms with Gasteiger partial charge in [-0.1, -0.05) is 6.42 Å². The van der Waals surface area contributed by atoms with Crippen LogP contribution in [0.2, 0.25) is 0 Å². The summed E-state index contributed by atoms with van der Waals surface area (Å²) in [6.45, 7) is 6.28. The van der Waals surface area contributed by atoms with Crippen molar-refractivity contribution in [3.05, 3.63) is 0 Å². The van der Waals surface area contributed by atoms with E-state index in [1.165, 1.54) is 0 Å². The third-order valence-electron chi connectivity index (χ3n) is 2.78. The number of esters is 1. The number of hydrogen-bond acceptors (Lipinski definition) is 5. The molecule has 106 valence electrons. The van der Waals surface area contributed by atoms with Crippen molar-refractivity contribution in [2.24, 2.45) is 0 Å². The maximum atomic E-state index is 11.1. The Morgan fingerprint density at radius 2 is 2.28 bits per heavy atom. The second-order valence-corrected chi connectivity index (χ2v) is 4.39. The number of hydrogen-bond donors (Lipinski definition) is 1. The molecule has 1 saturated heterocycles. The quantitative estimate of drug-likeness (QED) is 0.496. The molecule has 0 aliphatic carbocycles. The minimum atomic E-state index is -0.0971. The average molecular weight is 259 g/mol. The van der Waals surface area contributed by atoms with Crippen molar-refractivity contribution in [3.63, 3.8) is 0 Å². The largest absolute Gasteiger partial charge is 0.466 e. The highest BCUT2D eigenvalue weighted by molar-refractivity contribution is 5.69. The molecule has 5 nitrogen and oxygen atoms in total. The van der Waals surface area contributed by atoms with E-state index in [1.807, 2.05) is 6.92 Å². The summed E-state index contributed by atoms with van der Waals surface area (Å²) in [7, 11) is 0. The first-order chi connectivity index (χ1) is 8.83. The second kappa shape index (κ2) is 10.3. The third-order valence-corrected chi connectivity index (χ3v) is 2.78. The van der Waals surface area contributed by atoms with Crippen LogP contribution in [0.25, 0.3) is 0 Å². The van der Waals surface area contributed by atoms with E-state index in [4.69, 9.17) is 14.2 Å². The lowest BCUT2D eigenvalue weighted by atomic mass is 10.2. The number of ether oxygens (including phenoxy) is 3. The van der Waals surface area contributed by atoms with E-state index < -0.39 is 0 Å². The molecule has 0 spiro atoms. The van der Waals surface area contributed by atoms with Gasteiger partial charge < -0.3 is 19.5 Å². The van der Waals surface area contributed by atoms with Gasteiger partial charge in [0.25, 0.3) is 0 Å². The lowest BCUT2D eigenvalue weighted by molar-refractivity contribution is -0.143. The van der Waals surface area contributed by atoms with Gasteiger partial charge in [-0.3, -0.25) is 4.79 Å². The average Bonchev–Trinajstić information content (AvgIpc) is 2.39. The summed E-state index contributed by atoms with van der Waals surface area (Å²) in [4.78, 5) is 11.1. The van der Waals surface area contributed by atoms with Crippen LogP contribution in [0.4, 0.5) is 0 Å². The fourth-order valence-corrected chi connectivity index (χ4v) is 1.82. The molecule has 18 heavy (non-hydrogen) atoms. The van der Waals surface area contributed by atoms with Crippen LogP contribution < -0.4 is 5.32 Å². The first kappa shape index (κ1) is 15.4. The number of carbonyl (C=O) groups is 1. The van der Waals surface area contributed by atoms with Gasteiger partial charge in [0.05, 0.1) is 25.9 Å².